The number of halogens is 1. The molecule has 0 atom stereocenters. The van der Waals surface area contributed by atoms with Crippen LogP contribution in [0.5, 0.6) is 0 Å². The first-order valence-corrected chi connectivity index (χ1v) is 10.1. The van der Waals surface area contributed by atoms with Gasteiger partial charge in [0.15, 0.2) is 5.96 Å². The van der Waals surface area contributed by atoms with Crippen molar-refractivity contribution in [1.82, 2.24) is 15.5 Å². The Bertz CT molecular complexity index is 628. The van der Waals surface area contributed by atoms with Crippen molar-refractivity contribution in [2.45, 2.75) is 51.5 Å². The van der Waals surface area contributed by atoms with Crippen LogP contribution in [0.25, 0.3) is 0 Å². The van der Waals surface area contributed by atoms with Crippen molar-refractivity contribution in [1.29, 1.82) is 0 Å². The predicted octanol–water partition coefficient (Wildman–Crippen LogP) is 3.32. The van der Waals surface area contributed by atoms with Gasteiger partial charge in [-0.2, -0.15) is 0 Å². The molecule has 1 fully saturated rings. The van der Waals surface area contributed by atoms with Crippen molar-refractivity contribution in [2.75, 3.05) is 26.7 Å². The van der Waals surface area contributed by atoms with E-state index < -0.39 is 0 Å². The second-order valence-electron chi connectivity index (χ2n) is 7.48. The minimum Gasteiger partial charge on any atom is -0.356 e. The third kappa shape index (κ3) is 6.66. The zero-order chi connectivity index (χ0) is 18.2. The van der Waals surface area contributed by atoms with E-state index in [1.807, 2.05) is 11.0 Å². The number of benzene rings is 1. The largest absolute Gasteiger partial charge is 0.356 e. The Morgan fingerprint density at radius 1 is 1.19 bits per heavy atom. The number of nitrogens with one attached hydrogen (secondary N) is 2. The quantitative estimate of drug-likeness (QED) is 0.282. The molecule has 150 valence electrons. The maximum absolute atomic E-state index is 12.5. The van der Waals surface area contributed by atoms with Crippen molar-refractivity contribution < 1.29 is 4.79 Å². The lowest BCUT2D eigenvalue weighted by molar-refractivity contribution is -0.130. The van der Waals surface area contributed by atoms with Crippen LogP contribution in [-0.2, 0) is 17.8 Å². The molecule has 0 spiro atoms. The molecule has 1 aromatic rings. The molecule has 1 heterocycles. The highest BCUT2D eigenvalue weighted by molar-refractivity contribution is 14.0. The molecule has 0 saturated heterocycles. The third-order valence-electron chi connectivity index (χ3n) is 5.67. The summed E-state index contributed by atoms with van der Waals surface area (Å²) in [6.45, 7) is 2.72. The molecule has 3 rings (SSSR count). The molecule has 1 saturated carbocycles. The molecule has 1 aliphatic carbocycles. The summed E-state index contributed by atoms with van der Waals surface area (Å²) in [5.74, 6) is 1.78. The number of guanidine groups is 1. The predicted molar refractivity (Wildman–Crippen MR) is 122 cm³/mol. The van der Waals surface area contributed by atoms with Crippen molar-refractivity contribution in [3.05, 3.63) is 35.4 Å². The molecule has 0 unspecified atom stereocenters. The maximum Gasteiger partial charge on any atom is 0.242 e. The highest BCUT2D eigenvalue weighted by atomic mass is 127. The standard InChI is InChI=1S/C21H32N4O.HI/c1-22-21(23-13-6-9-17-7-2-3-8-17)24-15-20(26)25-14-12-18-10-4-5-11-19(18)16-25;/h4-5,10-11,17H,2-3,6-9,12-16H2,1H3,(H2,22,23,24);1H. The van der Waals surface area contributed by atoms with Gasteiger partial charge in [-0.1, -0.05) is 49.9 Å². The topological polar surface area (TPSA) is 56.7 Å². The lowest BCUT2D eigenvalue weighted by atomic mass is 10.00. The van der Waals surface area contributed by atoms with Gasteiger partial charge in [0, 0.05) is 26.7 Å². The van der Waals surface area contributed by atoms with Gasteiger partial charge in [-0.15, -0.1) is 24.0 Å². The summed E-state index contributed by atoms with van der Waals surface area (Å²) in [6, 6.07) is 8.39. The van der Waals surface area contributed by atoms with Gasteiger partial charge in [0.2, 0.25) is 5.91 Å². The van der Waals surface area contributed by atoms with Gasteiger partial charge in [-0.25, -0.2) is 0 Å². The molecular weight excluding hydrogens is 451 g/mol. The van der Waals surface area contributed by atoms with Crippen molar-refractivity contribution in [3.8, 4) is 0 Å². The fourth-order valence-electron chi connectivity index (χ4n) is 4.10. The fourth-order valence-corrected chi connectivity index (χ4v) is 4.10. The van der Waals surface area contributed by atoms with E-state index in [0.29, 0.717) is 13.1 Å². The van der Waals surface area contributed by atoms with Crippen LogP contribution in [0.3, 0.4) is 0 Å². The van der Waals surface area contributed by atoms with E-state index in [4.69, 9.17) is 0 Å². The van der Waals surface area contributed by atoms with E-state index >= 15 is 0 Å². The molecule has 1 aliphatic heterocycles. The number of aliphatic imine (C=N–C) groups is 1. The summed E-state index contributed by atoms with van der Waals surface area (Å²) in [6.07, 6.45) is 9.03. The Hall–Kier alpha value is -1.31. The number of nitrogens with zero attached hydrogens (tertiary/aromatic N) is 2. The molecular formula is C21H33IN4O. The molecule has 27 heavy (non-hydrogen) atoms. The Balaban J connectivity index is 0.00000261. The summed E-state index contributed by atoms with van der Waals surface area (Å²) < 4.78 is 0. The first kappa shape index (κ1) is 22.0. The Morgan fingerprint density at radius 3 is 2.67 bits per heavy atom. The van der Waals surface area contributed by atoms with Gasteiger partial charge in [0.25, 0.3) is 0 Å². The van der Waals surface area contributed by atoms with Crippen LogP contribution in [0, 0.1) is 5.92 Å². The van der Waals surface area contributed by atoms with E-state index in [1.165, 1.54) is 49.7 Å². The van der Waals surface area contributed by atoms with Gasteiger partial charge in [0.1, 0.15) is 0 Å². The van der Waals surface area contributed by atoms with Crippen LogP contribution in [-0.4, -0.2) is 43.4 Å². The van der Waals surface area contributed by atoms with E-state index in [2.05, 4.69) is 33.8 Å². The Kier molecular flexibility index (Phi) is 9.38. The van der Waals surface area contributed by atoms with Crippen LogP contribution < -0.4 is 10.6 Å². The molecule has 5 nitrogen and oxygen atoms in total. The number of carbonyl (C=O) groups excluding carboxylic acids is 1. The van der Waals surface area contributed by atoms with Crippen LogP contribution in [0.15, 0.2) is 29.3 Å². The number of rotatable bonds is 6. The molecule has 6 heteroatoms. The van der Waals surface area contributed by atoms with Crippen LogP contribution in [0.4, 0.5) is 0 Å². The van der Waals surface area contributed by atoms with Gasteiger partial charge in [-0.05, 0) is 36.3 Å². The Morgan fingerprint density at radius 2 is 1.93 bits per heavy atom. The number of hydrogen-bond acceptors (Lipinski definition) is 2. The van der Waals surface area contributed by atoms with E-state index in [-0.39, 0.29) is 29.9 Å². The monoisotopic (exact) mass is 484 g/mol. The van der Waals surface area contributed by atoms with Crippen molar-refractivity contribution in [3.63, 3.8) is 0 Å². The summed E-state index contributed by atoms with van der Waals surface area (Å²) in [5, 5.41) is 6.50. The Labute approximate surface area is 180 Å². The summed E-state index contributed by atoms with van der Waals surface area (Å²) >= 11 is 0. The van der Waals surface area contributed by atoms with Gasteiger partial charge >= 0.3 is 0 Å². The van der Waals surface area contributed by atoms with Crippen LogP contribution in [0.1, 0.15) is 49.7 Å². The number of fused-ring (bicyclic) bond motifs is 1. The average molecular weight is 484 g/mol. The smallest absolute Gasteiger partial charge is 0.242 e. The third-order valence-corrected chi connectivity index (χ3v) is 5.67. The number of hydrogen-bond donors (Lipinski definition) is 2. The molecule has 1 amide bonds. The zero-order valence-electron chi connectivity index (χ0n) is 16.4. The molecule has 0 radical (unpaired) electrons. The summed E-state index contributed by atoms with van der Waals surface area (Å²) in [4.78, 5) is 18.7. The van der Waals surface area contributed by atoms with Gasteiger partial charge < -0.3 is 15.5 Å². The normalized spacial score (nSPS) is 17.2. The first-order chi connectivity index (χ1) is 12.8. The highest BCUT2D eigenvalue weighted by Crippen LogP contribution is 2.28. The number of carbonyl (C=O) groups is 1. The second-order valence-corrected chi connectivity index (χ2v) is 7.48. The SMILES string of the molecule is CN=C(NCCCC1CCCC1)NCC(=O)N1CCc2ccccc2C1.I. The van der Waals surface area contributed by atoms with Gasteiger partial charge in [0.05, 0.1) is 6.54 Å². The average Bonchev–Trinajstić information content (AvgIpc) is 3.20. The van der Waals surface area contributed by atoms with Crippen molar-refractivity contribution in [2.24, 2.45) is 10.9 Å². The fraction of sp³-hybridized carbons (Fsp3) is 0.619. The first-order valence-electron chi connectivity index (χ1n) is 10.1. The van der Waals surface area contributed by atoms with E-state index in [0.717, 1.165) is 31.4 Å². The molecule has 0 aromatic heterocycles. The van der Waals surface area contributed by atoms with E-state index in [9.17, 15) is 4.79 Å². The number of amides is 1. The molecule has 2 N–H and O–H groups in total. The van der Waals surface area contributed by atoms with Crippen molar-refractivity contribution >= 4 is 35.8 Å². The van der Waals surface area contributed by atoms with E-state index in [1.54, 1.807) is 7.05 Å². The summed E-state index contributed by atoms with van der Waals surface area (Å²) in [5.41, 5.74) is 2.63. The van der Waals surface area contributed by atoms with Crippen LogP contribution in [0.2, 0.25) is 0 Å². The maximum atomic E-state index is 12.5. The highest BCUT2D eigenvalue weighted by Gasteiger charge is 2.20. The molecule has 1 aromatic carbocycles. The minimum atomic E-state index is 0. The van der Waals surface area contributed by atoms with Gasteiger partial charge in [-0.3, -0.25) is 9.79 Å². The molecule has 0 bridgehead atoms. The molecule has 2 aliphatic rings. The summed E-state index contributed by atoms with van der Waals surface area (Å²) in [7, 11) is 1.76. The zero-order valence-corrected chi connectivity index (χ0v) is 18.7. The van der Waals surface area contributed by atoms with Crippen LogP contribution >= 0.6 is 24.0 Å². The lowest BCUT2D eigenvalue weighted by Crippen LogP contribution is -2.46. The lowest BCUT2D eigenvalue weighted by Gasteiger charge is -2.29. The minimum absolute atomic E-state index is 0. The second kappa shape index (κ2) is 11.5.